The van der Waals surface area contributed by atoms with Crippen molar-refractivity contribution in [1.82, 2.24) is 19.7 Å². The number of hydrogen-bond acceptors (Lipinski definition) is 5. The molecule has 28 heavy (non-hydrogen) atoms. The summed E-state index contributed by atoms with van der Waals surface area (Å²) in [5.74, 6) is 0.135. The van der Waals surface area contributed by atoms with E-state index in [1.54, 1.807) is 22.7 Å². The number of para-hydroxylation sites is 1. The first-order valence-electron chi connectivity index (χ1n) is 9.13. The van der Waals surface area contributed by atoms with Gasteiger partial charge in [-0.1, -0.05) is 18.2 Å². The first kappa shape index (κ1) is 16.7. The zero-order valence-corrected chi connectivity index (χ0v) is 15.5. The first-order valence-corrected chi connectivity index (χ1v) is 9.13. The van der Waals surface area contributed by atoms with Gasteiger partial charge in [-0.2, -0.15) is 5.10 Å². The summed E-state index contributed by atoms with van der Waals surface area (Å²) in [6.07, 6.45) is 5.38. The van der Waals surface area contributed by atoms with Crippen LogP contribution in [0.3, 0.4) is 0 Å². The number of anilines is 1. The molecular formula is C20H19N5O3. The van der Waals surface area contributed by atoms with E-state index in [0.717, 1.165) is 16.8 Å². The molecule has 1 spiro atoms. The second-order valence-electron chi connectivity index (χ2n) is 7.33. The molecule has 0 radical (unpaired) electrons. The number of amides is 2. The Morgan fingerprint density at radius 1 is 1.36 bits per heavy atom. The van der Waals surface area contributed by atoms with Crippen molar-refractivity contribution in [3.05, 3.63) is 65.6 Å². The molecule has 2 unspecified atom stereocenters. The molecule has 2 aliphatic heterocycles. The SMILES string of the molecule is Cc1ocnc1C(=O)N1CCC2(C(=O)Nc3ccccc32)C1c1cnn(C)c1. The van der Waals surface area contributed by atoms with Crippen LogP contribution in [-0.2, 0) is 17.3 Å². The molecule has 5 rings (SSSR count). The largest absolute Gasteiger partial charge is 0.448 e. The van der Waals surface area contributed by atoms with Gasteiger partial charge in [0.05, 0.1) is 12.2 Å². The number of aromatic nitrogens is 3. The fourth-order valence-electron chi connectivity index (χ4n) is 4.60. The van der Waals surface area contributed by atoms with Crippen molar-refractivity contribution in [3.8, 4) is 0 Å². The van der Waals surface area contributed by atoms with Crippen LogP contribution in [0.4, 0.5) is 5.69 Å². The molecule has 0 saturated carbocycles. The van der Waals surface area contributed by atoms with E-state index in [-0.39, 0.29) is 17.5 Å². The highest BCUT2D eigenvalue weighted by molar-refractivity contribution is 6.08. The van der Waals surface area contributed by atoms with Gasteiger partial charge in [-0.15, -0.1) is 0 Å². The zero-order chi connectivity index (χ0) is 19.5. The van der Waals surface area contributed by atoms with Crippen LogP contribution in [0.25, 0.3) is 0 Å². The Kier molecular flexibility index (Phi) is 3.46. The number of rotatable bonds is 2. The molecule has 8 nitrogen and oxygen atoms in total. The molecule has 142 valence electrons. The normalized spacial score (nSPS) is 23.3. The third-order valence-electron chi connectivity index (χ3n) is 5.84. The lowest BCUT2D eigenvalue weighted by molar-refractivity contribution is -0.121. The topological polar surface area (TPSA) is 93.3 Å². The molecular weight excluding hydrogens is 358 g/mol. The van der Waals surface area contributed by atoms with E-state index in [0.29, 0.717) is 18.7 Å². The van der Waals surface area contributed by atoms with Crippen LogP contribution < -0.4 is 5.32 Å². The maximum atomic E-state index is 13.3. The van der Waals surface area contributed by atoms with E-state index < -0.39 is 11.5 Å². The van der Waals surface area contributed by atoms with Crippen LogP contribution in [0.5, 0.6) is 0 Å². The molecule has 4 heterocycles. The van der Waals surface area contributed by atoms with Gasteiger partial charge in [-0.05, 0) is 25.0 Å². The van der Waals surface area contributed by atoms with Gasteiger partial charge in [0, 0.05) is 31.0 Å². The maximum absolute atomic E-state index is 13.3. The van der Waals surface area contributed by atoms with E-state index in [4.69, 9.17) is 4.42 Å². The molecule has 0 aliphatic carbocycles. The summed E-state index contributed by atoms with van der Waals surface area (Å²) in [5.41, 5.74) is 1.96. The minimum atomic E-state index is -0.854. The minimum Gasteiger partial charge on any atom is -0.448 e. The van der Waals surface area contributed by atoms with Gasteiger partial charge in [0.25, 0.3) is 5.91 Å². The molecule has 2 atom stereocenters. The molecule has 2 aliphatic rings. The number of likely N-dealkylation sites (tertiary alicyclic amines) is 1. The number of carbonyl (C=O) groups is 2. The summed E-state index contributed by atoms with van der Waals surface area (Å²) < 4.78 is 6.91. The Balaban J connectivity index is 1.68. The number of benzene rings is 1. The molecule has 1 aromatic carbocycles. The number of fused-ring (bicyclic) bond motifs is 2. The predicted octanol–water partition coefficient (Wildman–Crippen LogP) is 2.19. The quantitative estimate of drug-likeness (QED) is 0.739. The van der Waals surface area contributed by atoms with Crippen LogP contribution in [-0.4, -0.2) is 38.0 Å². The van der Waals surface area contributed by atoms with Crippen LogP contribution in [0.15, 0.2) is 47.5 Å². The number of nitrogens with zero attached hydrogens (tertiary/aromatic N) is 4. The molecule has 3 aromatic rings. The fraction of sp³-hybridized carbons (Fsp3) is 0.300. The summed E-state index contributed by atoms with van der Waals surface area (Å²) >= 11 is 0. The highest BCUT2D eigenvalue weighted by Crippen LogP contribution is 2.54. The highest BCUT2D eigenvalue weighted by Gasteiger charge is 2.59. The number of oxazole rings is 1. The van der Waals surface area contributed by atoms with Gasteiger partial charge in [-0.25, -0.2) is 4.98 Å². The van der Waals surface area contributed by atoms with Gasteiger partial charge in [-0.3, -0.25) is 14.3 Å². The Hall–Kier alpha value is -3.42. The zero-order valence-electron chi connectivity index (χ0n) is 15.5. The number of nitrogens with one attached hydrogen (secondary N) is 1. The lowest BCUT2D eigenvalue weighted by Crippen LogP contribution is -2.42. The summed E-state index contributed by atoms with van der Waals surface area (Å²) in [4.78, 5) is 32.4. The molecule has 0 bridgehead atoms. The van der Waals surface area contributed by atoms with Crippen LogP contribution in [0.2, 0.25) is 0 Å². The molecule has 2 amide bonds. The Morgan fingerprint density at radius 3 is 2.89 bits per heavy atom. The summed E-state index contributed by atoms with van der Waals surface area (Å²) in [7, 11) is 1.82. The first-order chi connectivity index (χ1) is 13.5. The highest BCUT2D eigenvalue weighted by atomic mass is 16.3. The van der Waals surface area contributed by atoms with Gasteiger partial charge < -0.3 is 14.6 Å². The van der Waals surface area contributed by atoms with Gasteiger partial charge in [0.15, 0.2) is 12.1 Å². The predicted molar refractivity (Wildman–Crippen MR) is 99.6 cm³/mol. The van der Waals surface area contributed by atoms with E-state index in [1.165, 1.54) is 6.39 Å². The van der Waals surface area contributed by atoms with Crippen molar-refractivity contribution >= 4 is 17.5 Å². The number of carbonyl (C=O) groups excluding carboxylic acids is 2. The Bertz CT molecular complexity index is 1100. The summed E-state index contributed by atoms with van der Waals surface area (Å²) in [6.45, 7) is 2.15. The Labute approximate surface area is 161 Å². The van der Waals surface area contributed by atoms with Crippen molar-refractivity contribution in [2.24, 2.45) is 7.05 Å². The maximum Gasteiger partial charge on any atom is 0.276 e. The van der Waals surface area contributed by atoms with Crippen LogP contribution in [0, 0.1) is 6.92 Å². The van der Waals surface area contributed by atoms with E-state index in [1.807, 2.05) is 37.5 Å². The van der Waals surface area contributed by atoms with E-state index in [2.05, 4.69) is 15.4 Å². The van der Waals surface area contributed by atoms with Gasteiger partial charge in [0.1, 0.15) is 11.2 Å². The third-order valence-corrected chi connectivity index (χ3v) is 5.84. The average molecular weight is 377 g/mol. The smallest absolute Gasteiger partial charge is 0.276 e. The fourth-order valence-corrected chi connectivity index (χ4v) is 4.60. The number of hydrogen-bond donors (Lipinski definition) is 1. The van der Waals surface area contributed by atoms with E-state index >= 15 is 0 Å². The molecule has 1 saturated heterocycles. The Morgan fingerprint density at radius 2 is 2.18 bits per heavy atom. The molecule has 1 fully saturated rings. The second kappa shape index (κ2) is 5.79. The van der Waals surface area contributed by atoms with Crippen LogP contribution in [0.1, 0.15) is 39.8 Å². The van der Waals surface area contributed by atoms with Crippen molar-refractivity contribution in [3.63, 3.8) is 0 Å². The monoisotopic (exact) mass is 377 g/mol. The summed E-state index contributed by atoms with van der Waals surface area (Å²) in [5, 5.41) is 7.29. The van der Waals surface area contributed by atoms with Gasteiger partial charge in [0.2, 0.25) is 5.91 Å². The average Bonchev–Trinajstić information content (AvgIpc) is 3.43. The second-order valence-corrected chi connectivity index (χ2v) is 7.33. The molecule has 8 heteroatoms. The van der Waals surface area contributed by atoms with Crippen molar-refractivity contribution in [2.75, 3.05) is 11.9 Å². The lowest BCUT2D eigenvalue weighted by Gasteiger charge is -2.33. The molecule has 1 N–H and O–H groups in total. The van der Waals surface area contributed by atoms with Crippen molar-refractivity contribution in [2.45, 2.75) is 24.8 Å². The van der Waals surface area contributed by atoms with Crippen LogP contribution >= 0.6 is 0 Å². The molecule has 2 aromatic heterocycles. The van der Waals surface area contributed by atoms with Crippen molar-refractivity contribution in [1.29, 1.82) is 0 Å². The lowest BCUT2D eigenvalue weighted by atomic mass is 9.73. The van der Waals surface area contributed by atoms with E-state index in [9.17, 15) is 9.59 Å². The summed E-state index contributed by atoms with van der Waals surface area (Å²) in [6, 6.07) is 7.20. The minimum absolute atomic E-state index is 0.0882. The standard InChI is InChI=1S/C20H19N5O3/c1-12-16(21-11-28-12)18(26)25-8-7-20(17(25)13-9-22-24(2)10-13)14-5-3-4-6-15(14)23-19(20)27/h3-6,9-11,17H,7-8H2,1-2H3,(H,23,27). The van der Waals surface area contributed by atoms with Crippen molar-refractivity contribution < 1.29 is 14.0 Å². The third kappa shape index (κ3) is 2.11. The number of aryl methyl sites for hydroxylation is 2. The van der Waals surface area contributed by atoms with Gasteiger partial charge >= 0.3 is 0 Å².